The molecule has 18 heavy (non-hydrogen) atoms. The summed E-state index contributed by atoms with van der Waals surface area (Å²) in [6.45, 7) is 2.00. The molecule has 92 valence electrons. The molecule has 1 amide bonds. The number of nitrogens with zero attached hydrogens (tertiary/aromatic N) is 1. The number of terminal acetylenes is 1. The Morgan fingerprint density at radius 3 is 2.61 bits per heavy atom. The molecule has 0 radical (unpaired) electrons. The lowest BCUT2D eigenvalue weighted by Gasteiger charge is -2.15. The molecule has 0 aliphatic heterocycles. The largest absolute Gasteiger partial charge is 0.341 e. The zero-order valence-corrected chi connectivity index (χ0v) is 10.4. The van der Waals surface area contributed by atoms with Crippen LogP contribution in [0, 0.1) is 23.7 Å². The maximum atomic E-state index is 12.0. The lowest BCUT2D eigenvalue weighted by Crippen LogP contribution is -2.36. The van der Waals surface area contributed by atoms with Gasteiger partial charge < -0.3 is 5.32 Å². The van der Waals surface area contributed by atoms with Crippen LogP contribution in [0.15, 0.2) is 30.3 Å². The van der Waals surface area contributed by atoms with Gasteiger partial charge in [0.15, 0.2) is 0 Å². The molecule has 3 nitrogen and oxygen atoms in total. The lowest BCUT2D eigenvalue weighted by molar-refractivity contribution is -0.121. The Morgan fingerprint density at radius 1 is 1.44 bits per heavy atom. The van der Waals surface area contributed by atoms with Crippen LogP contribution >= 0.6 is 0 Å². The molecular weight excluding hydrogens is 224 g/mol. The molecule has 0 heterocycles. The molecule has 1 aromatic rings. The third-order valence-electron chi connectivity index (χ3n) is 2.62. The van der Waals surface area contributed by atoms with E-state index in [1.54, 1.807) is 24.3 Å². The van der Waals surface area contributed by atoms with Crippen molar-refractivity contribution in [1.82, 2.24) is 5.32 Å². The number of amides is 1. The second-order valence-electron chi connectivity index (χ2n) is 3.99. The van der Waals surface area contributed by atoms with Gasteiger partial charge >= 0.3 is 0 Å². The first-order valence-corrected chi connectivity index (χ1v) is 5.94. The molecular formula is C15H16N2O. The highest BCUT2D eigenvalue weighted by Crippen LogP contribution is 2.15. The fourth-order valence-corrected chi connectivity index (χ4v) is 1.67. The van der Waals surface area contributed by atoms with Crippen LogP contribution in [0.4, 0.5) is 0 Å². The third-order valence-corrected chi connectivity index (χ3v) is 2.62. The first kappa shape index (κ1) is 13.8. The van der Waals surface area contributed by atoms with Crippen molar-refractivity contribution in [1.29, 1.82) is 5.26 Å². The quantitative estimate of drug-likeness (QED) is 0.802. The first-order chi connectivity index (χ1) is 8.72. The third kappa shape index (κ3) is 3.64. The molecule has 0 saturated heterocycles. The van der Waals surface area contributed by atoms with Gasteiger partial charge in [0, 0.05) is 0 Å². The van der Waals surface area contributed by atoms with E-state index in [1.807, 2.05) is 19.1 Å². The molecule has 2 atom stereocenters. The Balaban J connectivity index is 2.76. The van der Waals surface area contributed by atoms with Crippen molar-refractivity contribution in [3.8, 4) is 18.4 Å². The normalized spacial score (nSPS) is 12.8. The van der Waals surface area contributed by atoms with Gasteiger partial charge in [-0.3, -0.25) is 4.79 Å². The maximum Gasteiger partial charge on any atom is 0.242 e. The van der Waals surface area contributed by atoms with Gasteiger partial charge in [0.05, 0.1) is 12.1 Å². The van der Waals surface area contributed by atoms with Crippen LogP contribution in [0.2, 0.25) is 0 Å². The predicted molar refractivity (Wildman–Crippen MR) is 70.5 cm³/mol. The minimum atomic E-state index is -0.807. The van der Waals surface area contributed by atoms with E-state index in [-0.39, 0.29) is 11.9 Å². The Morgan fingerprint density at radius 2 is 2.11 bits per heavy atom. The summed E-state index contributed by atoms with van der Waals surface area (Å²) in [5, 5.41) is 11.8. The number of nitriles is 1. The molecule has 0 spiro atoms. The molecule has 0 saturated carbocycles. The van der Waals surface area contributed by atoms with Crippen LogP contribution < -0.4 is 5.32 Å². The van der Waals surface area contributed by atoms with Crippen molar-refractivity contribution < 1.29 is 4.79 Å². The summed E-state index contributed by atoms with van der Waals surface area (Å²) >= 11 is 0. The van der Waals surface area contributed by atoms with Gasteiger partial charge in [-0.05, 0) is 12.0 Å². The highest BCUT2D eigenvalue weighted by Gasteiger charge is 2.21. The minimum Gasteiger partial charge on any atom is -0.341 e. The minimum absolute atomic E-state index is 0.304. The second kappa shape index (κ2) is 7.14. The molecule has 0 aliphatic rings. The van der Waals surface area contributed by atoms with Crippen molar-refractivity contribution in [2.24, 2.45) is 0 Å². The van der Waals surface area contributed by atoms with Crippen molar-refractivity contribution in [2.45, 2.75) is 31.7 Å². The van der Waals surface area contributed by atoms with Gasteiger partial charge in [0.1, 0.15) is 5.92 Å². The fourth-order valence-electron chi connectivity index (χ4n) is 1.67. The van der Waals surface area contributed by atoms with Crippen molar-refractivity contribution in [3.63, 3.8) is 0 Å². The smallest absolute Gasteiger partial charge is 0.242 e. The van der Waals surface area contributed by atoms with Gasteiger partial charge in [0.25, 0.3) is 0 Å². The Kier molecular flexibility index (Phi) is 5.48. The lowest BCUT2D eigenvalue weighted by atomic mass is 9.99. The van der Waals surface area contributed by atoms with Crippen LogP contribution in [0.5, 0.6) is 0 Å². The van der Waals surface area contributed by atoms with E-state index in [0.29, 0.717) is 5.56 Å². The van der Waals surface area contributed by atoms with Gasteiger partial charge in [-0.25, -0.2) is 0 Å². The predicted octanol–water partition coefficient (Wildman–Crippen LogP) is 2.21. The standard InChI is InChI=1S/C15H16N2O/c1-3-8-13(4-2)17-15(18)14(11-16)12-9-6-5-7-10-12/h2,5-7,9-10,13-14H,3,8H2,1H3,(H,17,18). The van der Waals surface area contributed by atoms with E-state index in [4.69, 9.17) is 11.7 Å². The number of hydrogen-bond acceptors (Lipinski definition) is 2. The maximum absolute atomic E-state index is 12.0. The molecule has 3 heteroatoms. The van der Waals surface area contributed by atoms with Crippen LogP contribution in [0.25, 0.3) is 0 Å². The highest BCUT2D eigenvalue weighted by molar-refractivity contribution is 5.86. The first-order valence-electron chi connectivity index (χ1n) is 5.94. The van der Waals surface area contributed by atoms with E-state index in [9.17, 15) is 4.79 Å². The van der Waals surface area contributed by atoms with Crippen LogP contribution in [-0.4, -0.2) is 11.9 Å². The summed E-state index contributed by atoms with van der Waals surface area (Å²) in [6.07, 6.45) is 6.94. The summed E-state index contributed by atoms with van der Waals surface area (Å²) in [5.41, 5.74) is 0.685. The van der Waals surface area contributed by atoms with Crippen molar-refractivity contribution in [3.05, 3.63) is 35.9 Å². The molecule has 1 rings (SSSR count). The average molecular weight is 240 g/mol. The average Bonchev–Trinajstić information content (AvgIpc) is 2.40. The van der Waals surface area contributed by atoms with E-state index >= 15 is 0 Å². The van der Waals surface area contributed by atoms with E-state index in [1.165, 1.54) is 0 Å². The summed E-state index contributed by atoms with van der Waals surface area (Å²) in [4.78, 5) is 12.0. The van der Waals surface area contributed by atoms with E-state index in [2.05, 4.69) is 11.2 Å². The van der Waals surface area contributed by atoms with Gasteiger partial charge in [-0.2, -0.15) is 5.26 Å². The van der Waals surface area contributed by atoms with Crippen LogP contribution in [0.3, 0.4) is 0 Å². The monoisotopic (exact) mass is 240 g/mol. The number of hydrogen-bond donors (Lipinski definition) is 1. The number of carbonyl (C=O) groups excluding carboxylic acids is 1. The zero-order valence-electron chi connectivity index (χ0n) is 10.4. The zero-order chi connectivity index (χ0) is 13.4. The summed E-state index contributed by atoms with van der Waals surface area (Å²) < 4.78 is 0. The Bertz CT molecular complexity index is 468. The van der Waals surface area contributed by atoms with Crippen LogP contribution in [0.1, 0.15) is 31.2 Å². The molecule has 1 N–H and O–H groups in total. The summed E-state index contributed by atoms with van der Waals surface area (Å²) in [7, 11) is 0. The second-order valence-corrected chi connectivity index (χ2v) is 3.99. The number of benzene rings is 1. The molecule has 0 aliphatic carbocycles. The molecule has 0 bridgehead atoms. The number of rotatable bonds is 5. The van der Waals surface area contributed by atoms with Gasteiger partial charge in [-0.1, -0.05) is 49.6 Å². The molecule has 2 unspecified atom stereocenters. The number of carbonyl (C=O) groups is 1. The van der Waals surface area contributed by atoms with E-state index in [0.717, 1.165) is 12.8 Å². The molecule has 0 fully saturated rings. The molecule has 1 aromatic carbocycles. The number of nitrogens with one attached hydrogen (secondary N) is 1. The van der Waals surface area contributed by atoms with Crippen molar-refractivity contribution in [2.75, 3.05) is 0 Å². The fraction of sp³-hybridized carbons (Fsp3) is 0.333. The molecule has 0 aromatic heterocycles. The Labute approximate surface area is 108 Å². The topological polar surface area (TPSA) is 52.9 Å². The van der Waals surface area contributed by atoms with Gasteiger partial charge in [0.2, 0.25) is 5.91 Å². The summed E-state index contributed by atoms with van der Waals surface area (Å²) in [6, 6.07) is 10.7. The highest BCUT2D eigenvalue weighted by atomic mass is 16.1. The summed E-state index contributed by atoms with van der Waals surface area (Å²) in [5.74, 6) is 1.38. The van der Waals surface area contributed by atoms with Crippen LogP contribution in [-0.2, 0) is 4.79 Å². The van der Waals surface area contributed by atoms with E-state index < -0.39 is 5.92 Å². The Hall–Kier alpha value is -2.26. The SMILES string of the molecule is C#CC(CCC)NC(=O)C(C#N)c1ccccc1. The van der Waals surface area contributed by atoms with Gasteiger partial charge in [-0.15, -0.1) is 6.42 Å². The van der Waals surface area contributed by atoms with Crippen molar-refractivity contribution >= 4 is 5.91 Å².